The van der Waals surface area contributed by atoms with Crippen molar-refractivity contribution < 1.29 is 0 Å². The molecule has 1 aromatic carbocycles. The van der Waals surface area contributed by atoms with Crippen LogP contribution in [0.5, 0.6) is 0 Å². The van der Waals surface area contributed by atoms with Crippen LogP contribution >= 0.6 is 0 Å². The zero-order chi connectivity index (χ0) is 13.4. The summed E-state index contributed by atoms with van der Waals surface area (Å²) in [6, 6.07) is 12.2. The molecule has 0 radical (unpaired) electrons. The molecule has 0 aliphatic carbocycles. The van der Waals surface area contributed by atoms with Gasteiger partial charge in [0.1, 0.15) is 0 Å². The molecule has 3 aromatic rings. The van der Waals surface area contributed by atoms with Gasteiger partial charge in [0.15, 0.2) is 0 Å². The highest BCUT2D eigenvalue weighted by molar-refractivity contribution is 5.82. The van der Waals surface area contributed by atoms with Gasteiger partial charge in [-0.1, -0.05) is 30.3 Å². The first-order valence-corrected chi connectivity index (χ1v) is 6.36. The maximum Gasteiger partial charge on any atom is 0.259 e. The van der Waals surface area contributed by atoms with Crippen molar-refractivity contribution in [2.75, 3.05) is 0 Å². The molecule has 0 atom stereocenters. The van der Waals surface area contributed by atoms with Crippen molar-refractivity contribution in [3.63, 3.8) is 0 Å². The number of aryl methyl sites for hydroxylation is 2. The van der Waals surface area contributed by atoms with Crippen LogP contribution < -0.4 is 5.56 Å². The smallest absolute Gasteiger partial charge is 0.259 e. The molecule has 0 saturated heterocycles. The van der Waals surface area contributed by atoms with Crippen molar-refractivity contribution in [3.8, 4) is 0 Å². The van der Waals surface area contributed by atoms with Crippen LogP contribution in [0.4, 0.5) is 0 Å². The molecule has 0 fully saturated rings. The predicted molar refractivity (Wildman–Crippen MR) is 77.5 cm³/mol. The third kappa shape index (κ3) is 1.97. The van der Waals surface area contributed by atoms with Crippen LogP contribution in [-0.4, -0.2) is 9.13 Å². The van der Waals surface area contributed by atoms with E-state index in [1.54, 1.807) is 11.6 Å². The summed E-state index contributed by atoms with van der Waals surface area (Å²) in [5.74, 6) is 0. The molecule has 0 aliphatic heterocycles. The molecule has 0 unspecified atom stereocenters. The minimum absolute atomic E-state index is 0.0624. The molecule has 0 bridgehead atoms. The Morgan fingerprint density at radius 1 is 1.11 bits per heavy atom. The van der Waals surface area contributed by atoms with Gasteiger partial charge in [-0.2, -0.15) is 0 Å². The summed E-state index contributed by atoms with van der Waals surface area (Å²) in [5.41, 5.74) is 3.46. The maximum absolute atomic E-state index is 12.1. The number of nitrogens with zero attached hydrogens (tertiary/aromatic N) is 2. The lowest BCUT2D eigenvalue weighted by Crippen LogP contribution is -2.16. The number of rotatable bonds is 2. The zero-order valence-electron chi connectivity index (χ0n) is 11.1. The third-order valence-electron chi connectivity index (χ3n) is 3.47. The van der Waals surface area contributed by atoms with Gasteiger partial charge in [-0.15, -0.1) is 0 Å². The molecule has 0 amide bonds. The molecule has 2 aromatic heterocycles. The first kappa shape index (κ1) is 11.8. The van der Waals surface area contributed by atoms with Gasteiger partial charge in [0.25, 0.3) is 5.56 Å². The topological polar surface area (TPSA) is 26.9 Å². The van der Waals surface area contributed by atoms with Crippen molar-refractivity contribution in [2.45, 2.75) is 13.5 Å². The highest BCUT2D eigenvalue weighted by atomic mass is 16.1. The van der Waals surface area contributed by atoms with Crippen molar-refractivity contribution in [2.24, 2.45) is 7.05 Å². The molecule has 96 valence electrons. The Balaban J connectivity index is 2.16. The molecule has 3 heteroatoms. The summed E-state index contributed by atoms with van der Waals surface area (Å²) in [4.78, 5) is 12.1. The van der Waals surface area contributed by atoms with Crippen LogP contribution in [0.25, 0.3) is 10.9 Å². The molecule has 0 N–H and O–H groups in total. The minimum Gasteiger partial charge on any atom is -0.343 e. The van der Waals surface area contributed by atoms with E-state index in [0.717, 1.165) is 23.0 Å². The lowest BCUT2D eigenvalue weighted by Gasteiger charge is -2.09. The Bertz CT molecular complexity index is 782. The Morgan fingerprint density at radius 3 is 2.58 bits per heavy atom. The SMILES string of the molecule is Cc1cn(C)c(=O)c2ccn(Cc3ccccc3)c12. The van der Waals surface area contributed by atoms with Crippen LogP contribution in [0, 0.1) is 6.92 Å². The van der Waals surface area contributed by atoms with Crippen molar-refractivity contribution >= 4 is 10.9 Å². The number of fused-ring (bicyclic) bond motifs is 1. The third-order valence-corrected chi connectivity index (χ3v) is 3.47. The average Bonchev–Trinajstić information content (AvgIpc) is 2.82. The Morgan fingerprint density at radius 2 is 1.84 bits per heavy atom. The van der Waals surface area contributed by atoms with E-state index >= 15 is 0 Å². The summed E-state index contributed by atoms with van der Waals surface area (Å²) in [7, 11) is 1.79. The van der Waals surface area contributed by atoms with Gasteiger partial charge in [-0.05, 0) is 24.1 Å². The van der Waals surface area contributed by atoms with E-state index in [-0.39, 0.29) is 5.56 Å². The van der Waals surface area contributed by atoms with Gasteiger partial charge in [0.2, 0.25) is 0 Å². The Kier molecular flexibility index (Phi) is 2.75. The number of hydrogen-bond donors (Lipinski definition) is 0. The summed E-state index contributed by atoms with van der Waals surface area (Å²) in [6.07, 6.45) is 3.89. The second-order valence-electron chi connectivity index (χ2n) is 4.92. The fourth-order valence-corrected chi connectivity index (χ4v) is 2.60. The molecular formula is C16H16N2O. The Labute approximate surface area is 111 Å². The lowest BCUT2D eigenvalue weighted by atomic mass is 10.2. The zero-order valence-corrected chi connectivity index (χ0v) is 11.1. The highest BCUT2D eigenvalue weighted by Crippen LogP contribution is 2.17. The molecule has 19 heavy (non-hydrogen) atoms. The second-order valence-corrected chi connectivity index (χ2v) is 4.92. The average molecular weight is 252 g/mol. The highest BCUT2D eigenvalue weighted by Gasteiger charge is 2.09. The van der Waals surface area contributed by atoms with Gasteiger partial charge >= 0.3 is 0 Å². The van der Waals surface area contributed by atoms with Crippen LogP contribution in [-0.2, 0) is 13.6 Å². The summed E-state index contributed by atoms with van der Waals surface area (Å²) < 4.78 is 3.78. The van der Waals surface area contributed by atoms with Gasteiger partial charge in [0.05, 0.1) is 10.9 Å². The summed E-state index contributed by atoms with van der Waals surface area (Å²) >= 11 is 0. The molecule has 2 heterocycles. The first-order chi connectivity index (χ1) is 9.16. The molecule has 3 nitrogen and oxygen atoms in total. The number of aromatic nitrogens is 2. The molecule has 0 saturated carbocycles. The summed E-state index contributed by atoms with van der Waals surface area (Å²) in [5, 5.41) is 0.790. The Hall–Kier alpha value is -2.29. The van der Waals surface area contributed by atoms with E-state index in [4.69, 9.17) is 0 Å². The minimum atomic E-state index is 0.0624. The van der Waals surface area contributed by atoms with Crippen LogP contribution in [0.2, 0.25) is 0 Å². The summed E-state index contributed by atoms with van der Waals surface area (Å²) in [6.45, 7) is 2.83. The van der Waals surface area contributed by atoms with Crippen molar-refractivity contribution in [1.29, 1.82) is 0 Å². The number of benzene rings is 1. The lowest BCUT2D eigenvalue weighted by molar-refractivity contribution is 0.823. The van der Waals surface area contributed by atoms with Crippen molar-refractivity contribution in [1.82, 2.24) is 9.13 Å². The number of pyridine rings is 1. The van der Waals surface area contributed by atoms with Gasteiger partial charge in [-0.25, -0.2) is 0 Å². The first-order valence-electron chi connectivity index (χ1n) is 6.36. The van der Waals surface area contributed by atoms with E-state index in [1.807, 2.05) is 43.6 Å². The van der Waals surface area contributed by atoms with Gasteiger partial charge in [-0.3, -0.25) is 4.79 Å². The van der Waals surface area contributed by atoms with E-state index in [9.17, 15) is 4.79 Å². The molecule has 3 rings (SSSR count). The fraction of sp³-hybridized carbons (Fsp3) is 0.188. The molecule has 0 aliphatic rings. The van der Waals surface area contributed by atoms with Crippen LogP contribution in [0.1, 0.15) is 11.1 Å². The second kappa shape index (κ2) is 4.43. The van der Waals surface area contributed by atoms with E-state index in [0.29, 0.717) is 0 Å². The van der Waals surface area contributed by atoms with Gasteiger partial charge < -0.3 is 9.13 Å². The fourth-order valence-electron chi connectivity index (χ4n) is 2.60. The molecular weight excluding hydrogens is 236 g/mol. The monoisotopic (exact) mass is 252 g/mol. The number of hydrogen-bond acceptors (Lipinski definition) is 1. The van der Waals surface area contributed by atoms with Crippen LogP contribution in [0.15, 0.2) is 53.6 Å². The van der Waals surface area contributed by atoms with E-state index < -0.39 is 0 Å². The predicted octanol–water partition coefficient (Wildman–Crippen LogP) is 2.70. The van der Waals surface area contributed by atoms with Crippen LogP contribution in [0.3, 0.4) is 0 Å². The van der Waals surface area contributed by atoms with Gasteiger partial charge in [0, 0.05) is 26.0 Å². The quantitative estimate of drug-likeness (QED) is 0.689. The van der Waals surface area contributed by atoms with E-state index in [1.165, 1.54) is 5.56 Å². The largest absolute Gasteiger partial charge is 0.343 e. The van der Waals surface area contributed by atoms with Crippen molar-refractivity contribution in [3.05, 3.63) is 70.3 Å². The van der Waals surface area contributed by atoms with E-state index in [2.05, 4.69) is 16.7 Å². The standard InChI is InChI=1S/C16H16N2O/c1-12-10-17(2)16(19)14-8-9-18(15(12)14)11-13-6-4-3-5-7-13/h3-10H,11H2,1-2H3. The maximum atomic E-state index is 12.1. The molecule has 0 spiro atoms. The normalized spacial score (nSPS) is 11.1.